The van der Waals surface area contributed by atoms with Crippen molar-refractivity contribution >= 4 is 10.9 Å². The number of benzene rings is 1. The van der Waals surface area contributed by atoms with Gasteiger partial charge >= 0.3 is 0 Å². The number of fused-ring (bicyclic) bond motifs is 1. The van der Waals surface area contributed by atoms with Gasteiger partial charge in [0.05, 0.1) is 12.6 Å². The maximum absolute atomic E-state index is 12.2. The van der Waals surface area contributed by atoms with Gasteiger partial charge in [-0.1, -0.05) is 39.0 Å². The van der Waals surface area contributed by atoms with E-state index in [0.29, 0.717) is 17.7 Å². The van der Waals surface area contributed by atoms with E-state index < -0.39 is 0 Å². The lowest BCUT2D eigenvalue weighted by Gasteiger charge is -2.12. The molecule has 0 atom stereocenters. The molecule has 0 unspecified atom stereocenters. The number of aryl methyl sites for hydroxylation is 1. The topological polar surface area (TPSA) is 51.5 Å². The van der Waals surface area contributed by atoms with Crippen LogP contribution in [0.15, 0.2) is 29.1 Å². The zero-order chi connectivity index (χ0) is 15.9. The van der Waals surface area contributed by atoms with Crippen molar-refractivity contribution in [3.63, 3.8) is 0 Å². The average molecular weight is 303 g/mol. The fourth-order valence-electron chi connectivity index (χ4n) is 2.75. The number of aromatic nitrogens is 1. The number of rotatable bonds is 8. The molecule has 0 saturated heterocycles. The summed E-state index contributed by atoms with van der Waals surface area (Å²) >= 11 is 0. The smallest absolute Gasteiger partial charge is 0.254 e. The fraction of sp³-hybridized carbons (Fsp3) is 0.500. The van der Waals surface area contributed by atoms with Crippen molar-refractivity contribution in [3.8, 4) is 11.5 Å². The second-order valence-corrected chi connectivity index (χ2v) is 5.67. The molecule has 0 radical (unpaired) electrons. The molecular weight excluding hydrogens is 278 g/mol. The van der Waals surface area contributed by atoms with E-state index in [1.807, 2.05) is 6.07 Å². The van der Waals surface area contributed by atoms with Gasteiger partial charge in [-0.3, -0.25) is 4.79 Å². The molecule has 1 heterocycles. The van der Waals surface area contributed by atoms with Gasteiger partial charge < -0.3 is 14.4 Å². The summed E-state index contributed by atoms with van der Waals surface area (Å²) in [5, 5.41) is 10.6. The lowest BCUT2D eigenvalue weighted by atomic mass is 10.1. The van der Waals surface area contributed by atoms with Crippen molar-refractivity contribution in [1.29, 1.82) is 0 Å². The molecule has 1 aromatic carbocycles. The largest absolute Gasteiger partial charge is 0.507 e. The van der Waals surface area contributed by atoms with Gasteiger partial charge in [0, 0.05) is 24.1 Å². The Bertz CT molecular complexity index is 676. The molecule has 0 spiro atoms. The lowest BCUT2D eigenvalue weighted by molar-refractivity contribution is 0.415. The first-order chi connectivity index (χ1) is 10.7. The number of aromatic hydroxyl groups is 1. The van der Waals surface area contributed by atoms with Crippen LogP contribution in [-0.2, 0) is 6.54 Å². The van der Waals surface area contributed by atoms with Crippen molar-refractivity contribution in [2.24, 2.45) is 0 Å². The minimum atomic E-state index is -0.160. The van der Waals surface area contributed by atoms with Gasteiger partial charge in [-0.2, -0.15) is 0 Å². The summed E-state index contributed by atoms with van der Waals surface area (Å²) in [6.07, 6.45) is 7.08. The van der Waals surface area contributed by atoms with Crippen LogP contribution < -0.4 is 10.3 Å². The lowest BCUT2D eigenvalue weighted by Crippen LogP contribution is -2.19. The summed E-state index contributed by atoms with van der Waals surface area (Å²) in [6, 6.07) is 6.70. The Kier molecular flexibility index (Phi) is 5.87. The van der Waals surface area contributed by atoms with Crippen LogP contribution in [0, 0.1) is 0 Å². The Morgan fingerprint density at radius 2 is 1.82 bits per heavy atom. The van der Waals surface area contributed by atoms with Crippen molar-refractivity contribution in [2.45, 2.75) is 52.0 Å². The second kappa shape index (κ2) is 7.87. The Balaban J connectivity index is 2.19. The van der Waals surface area contributed by atoms with Crippen LogP contribution in [-0.4, -0.2) is 16.8 Å². The molecule has 0 aliphatic carbocycles. The maximum atomic E-state index is 12.2. The third-order valence-electron chi connectivity index (χ3n) is 4.03. The standard InChI is InChI=1S/C18H25NO3/c1-3-4-5-6-7-8-11-19-16-12-14(22-2)9-10-15(16)17(20)13-18(19)21/h9-10,12-13,20H,3-8,11H2,1-2H3. The van der Waals surface area contributed by atoms with Crippen LogP contribution in [0.4, 0.5) is 0 Å². The van der Waals surface area contributed by atoms with E-state index in [9.17, 15) is 9.90 Å². The van der Waals surface area contributed by atoms with E-state index in [-0.39, 0.29) is 11.3 Å². The van der Waals surface area contributed by atoms with Crippen LogP contribution >= 0.6 is 0 Å². The molecule has 2 aromatic rings. The molecule has 4 nitrogen and oxygen atoms in total. The van der Waals surface area contributed by atoms with E-state index >= 15 is 0 Å². The number of nitrogens with zero attached hydrogens (tertiary/aromatic N) is 1. The highest BCUT2D eigenvalue weighted by molar-refractivity contribution is 5.86. The number of pyridine rings is 1. The van der Waals surface area contributed by atoms with Gasteiger partial charge in [0.2, 0.25) is 0 Å². The third kappa shape index (κ3) is 3.81. The van der Waals surface area contributed by atoms with Crippen molar-refractivity contribution in [2.75, 3.05) is 7.11 Å². The van der Waals surface area contributed by atoms with Crippen LogP contribution in [0.25, 0.3) is 10.9 Å². The molecule has 0 fully saturated rings. The Morgan fingerprint density at radius 3 is 2.55 bits per heavy atom. The molecule has 0 amide bonds. The quantitative estimate of drug-likeness (QED) is 0.748. The minimum Gasteiger partial charge on any atom is -0.507 e. The summed E-state index contributed by atoms with van der Waals surface area (Å²) < 4.78 is 6.96. The van der Waals surface area contributed by atoms with Crippen LogP contribution in [0.3, 0.4) is 0 Å². The summed E-state index contributed by atoms with van der Waals surface area (Å²) in [7, 11) is 1.60. The number of hydrogen-bond donors (Lipinski definition) is 1. The predicted octanol–water partition coefficient (Wildman–Crippen LogP) is 4.08. The van der Waals surface area contributed by atoms with E-state index in [2.05, 4.69) is 6.92 Å². The summed E-state index contributed by atoms with van der Waals surface area (Å²) in [5.41, 5.74) is 0.574. The number of ether oxygens (including phenoxy) is 1. The first-order valence-electron chi connectivity index (χ1n) is 8.08. The van der Waals surface area contributed by atoms with Crippen molar-refractivity contribution < 1.29 is 9.84 Å². The number of methoxy groups -OCH3 is 1. The normalized spacial score (nSPS) is 11.0. The maximum Gasteiger partial charge on any atom is 0.254 e. The van der Waals surface area contributed by atoms with Gasteiger partial charge in [0.1, 0.15) is 11.5 Å². The molecule has 1 aromatic heterocycles. The highest BCUT2D eigenvalue weighted by Crippen LogP contribution is 2.26. The van der Waals surface area contributed by atoms with E-state index in [4.69, 9.17) is 4.74 Å². The van der Waals surface area contributed by atoms with Gasteiger partial charge in [-0.05, 0) is 18.6 Å². The Hall–Kier alpha value is -1.97. The summed E-state index contributed by atoms with van der Waals surface area (Å²) in [4.78, 5) is 12.2. The highest BCUT2D eigenvalue weighted by Gasteiger charge is 2.09. The second-order valence-electron chi connectivity index (χ2n) is 5.67. The average Bonchev–Trinajstić information content (AvgIpc) is 2.52. The van der Waals surface area contributed by atoms with Crippen molar-refractivity contribution in [1.82, 2.24) is 4.57 Å². The molecule has 0 aliphatic heterocycles. The summed E-state index contributed by atoms with van der Waals surface area (Å²) in [5.74, 6) is 0.719. The van der Waals surface area contributed by atoms with Crippen LogP contribution in [0.5, 0.6) is 11.5 Å². The van der Waals surface area contributed by atoms with Crippen LogP contribution in [0.1, 0.15) is 45.4 Å². The zero-order valence-corrected chi connectivity index (χ0v) is 13.5. The van der Waals surface area contributed by atoms with Crippen LogP contribution in [0.2, 0.25) is 0 Å². The zero-order valence-electron chi connectivity index (χ0n) is 13.5. The molecule has 0 saturated carbocycles. The first-order valence-corrected chi connectivity index (χ1v) is 8.08. The number of hydrogen-bond acceptors (Lipinski definition) is 3. The molecule has 0 aliphatic rings. The predicted molar refractivity (Wildman–Crippen MR) is 89.8 cm³/mol. The van der Waals surface area contributed by atoms with Gasteiger partial charge in [0.25, 0.3) is 5.56 Å². The molecular formula is C18H25NO3. The SMILES string of the molecule is CCCCCCCCn1c(=O)cc(O)c2ccc(OC)cc21. The van der Waals surface area contributed by atoms with Crippen molar-refractivity contribution in [3.05, 3.63) is 34.6 Å². The fourth-order valence-corrected chi connectivity index (χ4v) is 2.75. The minimum absolute atomic E-state index is 0.0295. The third-order valence-corrected chi connectivity index (χ3v) is 4.03. The molecule has 120 valence electrons. The molecule has 1 N–H and O–H groups in total. The molecule has 4 heteroatoms. The van der Waals surface area contributed by atoms with E-state index in [0.717, 1.165) is 18.4 Å². The Morgan fingerprint density at radius 1 is 1.09 bits per heavy atom. The molecule has 2 rings (SSSR count). The Labute approximate surface area is 131 Å². The first kappa shape index (κ1) is 16.4. The van der Waals surface area contributed by atoms with E-state index in [1.165, 1.54) is 31.7 Å². The van der Waals surface area contributed by atoms with Gasteiger partial charge in [-0.15, -0.1) is 0 Å². The monoisotopic (exact) mass is 303 g/mol. The van der Waals surface area contributed by atoms with E-state index in [1.54, 1.807) is 23.8 Å². The van der Waals surface area contributed by atoms with Gasteiger partial charge in [-0.25, -0.2) is 0 Å². The highest BCUT2D eigenvalue weighted by atomic mass is 16.5. The molecule has 22 heavy (non-hydrogen) atoms. The number of unbranched alkanes of at least 4 members (excludes halogenated alkanes) is 5. The van der Waals surface area contributed by atoms with Gasteiger partial charge in [0.15, 0.2) is 0 Å². The summed E-state index contributed by atoms with van der Waals surface area (Å²) in [6.45, 7) is 2.88. The molecule has 0 bridgehead atoms.